The van der Waals surface area contributed by atoms with Gasteiger partial charge in [0.25, 0.3) is 0 Å². The van der Waals surface area contributed by atoms with Gasteiger partial charge in [0.2, 0.25) is 0 Å². The van der Waals surface area contributed by atoms with Crippen molar-refractivity contribution >= 4 is 0 Å². The third-order valence-corrected chi connectivity index (χ3v) is 3.47. The van der Waals surface area contributed by atoms with Crippen LogP contribution in [0, 0.1) is 0 Å². The Morgan fingerprint density at radius 2 is 0.900 bits per heavy atom. The molecule has 1 rings (SSSR count). The van der Waals surface area contributed by atoms with Crippen LogP contribution in [0.15, 0.2) is 49.9 Å². The SMILES string of the molecule is C=COCCOCCOCCOc1cccc(OCCOCCOCCOC=C)c1. The summed E-state index contributed by atoms with van der Waals surface area (Å²) in [5, 5.41) is 0. The van der Waals surface area contributed by atoms with Crippen LogP contribution in [0.1, 0.15) is 0 Å². The van der Waals surface area contributed by atoms with E-state index in [1.54, 1.807) is 0 Å². The Bertz CT molecular complexity index is 494. The van der Waals surface area contributed by atoms with E-state index < -0.39 is 0 Å². The Kier molecular flexibility index (Phi) is 17.2. The number of hydrogen-bond donors (Lipinski definition) is 0. The van der Waals surface area contributed by atoms with Gasteiger partial charge in [-0.15, -0.1) is 0 Å². The fraction of sp³-hybridized carbons (Fsp3) is 0.545. The average Bonchev–Trinajstić information content (AvgIpc) is 2.76. The Hall–Kier alpha value is -2.26. The quantitative estimate of drug-likeness (QED) is 0.207. The maximum absolute atomic E-state index is 5.66. The molecule has 0 aromatic heterocycles. The molecule has 0 radical (unpaired) electrons. The van der Waals surface area contributed by atoms with Gasteiger partial charge < -0.3 is 37.9 Å². The molecule has 0 heterocycles. The van der Waals surface area contributed by atoms with E-state index in [9.17, 15) is 0 Å². The van der Waals surface area contributed by atoms with Crippen molar-refractivity contribution in [2.24, 2.45) is 0 Å². The lowest BCUT2D eigenvalue weighted by Crippen LogP contribution is -2.13. The molecule has 1 aromatic rings. The van der Waals surface area contributed by atoms with E-state index in [2.05, 4.69) is 13.2 Å². The summed E-state index contributed by atoms with van der Waals surface area (Å²) >= 11 is 0. The lowest BCUT2D eigenvalue weighted by atomic mass is 10.3. The first-order chi connectivity index (χ1) is 14.9. The Balaban J connectivity index is 1.98. The largest absolute Gasteiger partial charge is 0.499 e. The van der Waals surface area contributed by atoms with Crippen LogP contribution in [-0.4, -0.2) is 79.3 Å². The first kappa shape index (κ1) is 25.8. The van der Waals surface area contributed by atoms with Crippen molar-refractivity contribution in [1.29, 1.82) is 0 Å². The molecule has 30 heavy (non-hydrogen) atoms. The topological polar surface area (TPSA) is 73.8 Å². The summed E-state index contributed by atoms with van der Waals surface area (Å²) in [6, 6.07) is 7.47. The molecule has 0 aliphatic rings. The average molecular weight is 427 g/mol. The van der Waals surface area contributed by atoms with Crippen molar-refractivity contribution in [3.8, 4) is 11.5 Å². The Labute approximate surface area is 179 Å². The second-order valence-electron chi connectivity index (χ2n) is 5.70. The minimum Gasteiger partial charge on any atom is -0.499 e. The van der Waals surface area contributed by atoms with E-state index in [0.717, 1.165) is 11.5 Å². The van der Waals surface area contributed by atoms with E-state index in [-0.39, 0.29) is 0 Å². The van der Waals surface area contributed by atoms with E-state index >= 15 is 0 Å². The zero-order chi connectivity index (χ0) is 21.5. The molecule has 0 fully saturated rings. The van der Waals surface area contributed by atoms with Gasteiger partial charge in [0.1, 0.15) is 37.9 Å². The molecule has 0 saturated carbocycles. The normalized spacial score (nSPS) is 10.4. The van der Waals surface area contributed by atoms with Gasteiger partial charge in [0.15, 0.2) is 0 Å². The van der Waals surface area contributed by atoms with Crippen LogP contribution < -0.4 is 9.47 Å². The summed E-state index contributed by atoms with van der Waals surface area (Å²) in [6.45, 7) is 12.8. The van der Waals surface area contributed by atoms with Crippen molar-refractivity contribution in [3.63, 3.8) is 0 Å². The molecule has 0 saturated heterocycles. The molecule has 8 nitrogen and oxygen atoms in total. The first-order valence-corrected chi connectivity index (χ1v) is 9.98. The minimum atomic E-state index is 0.448. The van der Waals surface area contributed by atoms with Gasteiger partial charge in [0, 0.05) is 6.07 Å². The maximum atomic E-state index is 5.66. The van der Waals surface area contributed by atoms with Crippen LogP contribution in [0.5, 0.6) is 11.5 Å². The molecule has 0 bridgehead atoms. The molecule has 1 aromatic carbocycles. The monoisotopic (exact) mass is 426 g/mol. The van der Waals surface area contributed by atoms with Gasteiger partial charge in [-0.2, -0.15) is 0 Å². The fourth-order valence-corrected chi connectivity index (χ4v) is 2.12. The molecule has 0 aliphatic carbocycles. The lowest BCUT2D eigenvalue weighted by Gasteiger charge is -2.10. The van der Waals surface area contributed by atoms with Gasteiger partial charge in [-0.1, -0.05) is 19.2 Å². The van der Waals surface area contributed by atoms with E-state index in [4.69, 9.17) is 37.9 Å². The standard InChI is InChI=1S/C22H34O8/c1-3-23-8-10-25-12-14-27-16-18-29-21-6-5-7-22(20-21)30-19-17-28-15-13-26-11-9-24-4-2/h3-7,20H,1-2,8-19H2. The summed E-state index contributed by atoms with van der Waals surface area (Å²) in [7, 11) is 0. The summed E-state index contributed by atoms with van der Waals surface area (Å²) in [4.78, 5) is 0. The highest BCUT2D eigenvalue weighted by molar-refractivity contribution is 5.32. The summed E-state index contributed by atoms with van der Waals surface area (Å²) in [5.74, 6) is 1.45. The zero-order valence-electron chi connectivity index (χ0n) is 17.6. The van der Waals surface area contributed by atoms with Crippen molar-refractivity contribution in [2.45, 2.75) is 0 Å². The predicted octanol–water partition coefficient (Wildman–Crippen LogP) is 2.83. The van der Waals surface area contributed by atoms with E-state index in [0.29, 0.717) is 79.3 Å². The number of benzene rings is 1. The molecule has 0 spiro atoms. The summed E-state index contributed by atoms with van der Waals surface area (Å²) in [5.41, 5.74) is 0. The Morgan fingerprint density at radius 1 is 0.533 bits per heavy atom. The maximum Gasteiger partial charge on any atom is 0.123 e. The molecule has 0 amide bonds. The van der Waals surface area contributed by atoms with Gasteiger partial charge >= 0.3 is 0 Å². The van der Waals surface area contributed by atoms with Crippen LogP contribution in [0.2, 0.25) is 0 Å². The summed E-state index contributed by atoms with van der Waals surface area (Å²) < 4.78 is 42.8. The zero-order valence-corrected chi connectivity index (χ0v) is 17.6. The second-order valence-corrected chi connectivity index (χ2v) is 5.70. The molecule has 0 unspecified atom stereocenters. The third-order valence-electron chi connectivity index (χ3n) is 3.47. The molecular weight excluding hydrogens is 392 g/mol. The third kappa shape index (κ3) is 15.6. The fourth-order valence-electron chi connectivity index (χ4n) is 2.12. The minimum absolute atomic E-state index is 0.448. The predicted molar refractivity (Wildman–Crippen MR) is 113 cm³/mol. The lowest BCUT2D eigenvalue weighted by molar-refractivity contribution is 0.0221. The Morgan fingerprint density at radius 3 is 1.30 bits per heavy atom. The molecule has 0 N–H and O–H groups in total. The van der Waals surface area contributed by atoms with Gasteiger partial charge in [0.05, 0.1) is 65.4 Å². The highest BCUT2D eigenvalue weighted by atomic mass is 16.6. The second kappa shape index (κ2) is 20.0. The van der Waals surface area contributed by atoms with Crippen molar-refractivity contribution < 1.29 is 37.9 Å². The van der Waals surface area contributed by atoms with Crippen LogP contribution in [0.4, 0.5) is 0 Å². The first-order valence-electron chi connectivity index (χ1n) is 9.98. The van der Waals surface area contributed by atoms with Gasteiger partial charge in [-0.3, -0.25) is 0 Å². The molecule has 0 atom stereocenters. The van der Waals surface area contributed by atoms with Crippen molar-refractivity contribution in [3.05, 3.63) is 49.9 Å². The number of hydrogen-bond acceptors (Lipinski definition) is 8. The molecule has 170 valence electrons. The number of rotatable bonds is 22. The molecule has 8 heteroatoms. The van der Waals surface area contributed by atoms with Gasteiger partial charge in [-0.05, 0) is 12.1 Å². The van der Waals surface area contributed by atoms with Crippen molar-refractivity contribution in [2.75, 3.05) is 79.3 Å². The van der Waals surface area contributed by atoms with Crippen LogP contribution in [0.3, 0.4) is 0 Å². The van der Waals surface area contributed by atoms with E-state index in [1.165, 1.54) is 12.5 Å². The molecular formula is C22H34O8. The highest BCUT2D eigenvalue weighted by Crippen LogP contribution is 2.19. The number of ether oxygens (including phenoxy) is 8. The van der Waals surface area contributed by atoms with Crippen LogP contribution in [0.25, 0.3) is 0 Å². The van der Waals surface area contributed by atoms with Gasteiger partial charge in [-0.25, -0.2) is 0 Å². The highest BCUT2D eigenvalue weighted by Gasteiger charge is 1.99. The molecule has 0 aliphatic heterocycles. The summed E-state index contributed by atoms with van der Waals surface area (Å²) in [6.07, 6.45) is 2.79. The van der Waals surface area contributed by atoms with Crippen LogP contribution >= 0.6 is 0 Å². The smallest absolute Gasteiger partial charge is 0.123 e. The van der Waals surface area contributed by atoms with Crippen LogP contribution in [-0.2, 0) is 28.4 Å². The van der Waals surface area contributed by atoms with E-state index in [1.807, 2.05) is 24.3 Å². The van der Waals surface area contributed by atoms with Crippen molar-refractivity contribution in [1.82, 2.24) is 0 Å².